The molecule has 0 saturated heterocycles. The van der Waals surface area contributed by atoms with Crippen molar-refractivity contribution >= 4 is 49.5 Å². The maximum absolute atomic E-state index is 10.1. The summed E-state index contributed by atoms with van der Waals surface area (Å²) < 4.78 is 47.8. The van der Waals surface area contributed by atoms with E-state index in [1.165, 1.54) is 0 Å². The Bertz CT molecular complexity index is 243. The molecule has 0 rings (SSSR count). The second-order valence-electron chi connectivity index (χ2n) is 1.63. The molecule has 0 aliphatic heterocycles. The van der Waals surface area contributed by atoms with E-state index in [0.717, 1.165) is 6.26 Å². The van der Waals surface area contributed by atoms with E-state index in [1.807, 2.05) is 0 Å². The Kier molecular flexibility index (Phi) is 5.42. The van der Waals surface area contributed by atoms with Crippen LogP contribution in [-0.4, -0.2) is 62.3 Å². The third-order valence-corrected chi connectivity index (χ3v) is 3.27. The molecule has 0 saturated carbocycles. The van der Waals surface area contributed by atoms with Crippen molar-refractivity contribution in [1.29, 1.82) is 0 Å². The maximum atomic E-state index is 10.1. The number of sulfone groups is 1. The summed E-state index contributed by atoms with van der Waals surface area (Å²) in [5, 5.41) is -1.21. The van der Waals surface area contributed by atoms with Crippen LogP contribution in [0.25, 0.3) is 0 Å². The van der Waals surface area contributed by atoms with Crippen LogP contribution in [0.1, 0.15) is 0 Å². The van der Waals surface area contributed by atoms with Gasteiger partial charge in [-0.2, -0.15) is 8.42 Å². The molecule has 0 atom stereocenters. The number of rotatable bonds is 2. The second kappa shape index (κ2) is 4.03. The zero-order valence-electron chi connectivity index (χ0n) is 4.60. The molecule has 0 spiro atoms. The topological polar surface area (TPSA) is 88.5 Å². The molecule has 0 fully saturated rings. The molecule has 1 N–H and O–H groups in total. The summed E-state index contributed by atoms with van der Waals surface area (Å²) in [5.41, 5.74) is 0. The van der Waals surface area contributed by atoms with E-state index in [4.69, 9.17) is 4.55 Å². The predicted molar refractivity (Wildman–Crippen MR) is 38.4 cm³/mol. The number of hydrogen-bond acceptors (Lipinski definition) is 4. The third kappa shape index (κ3) is 11.6. The molecular weight excluding hydrogens is 191 g/mol. The van der Waals surface area contributed by atoms with Crippen LogP contribution in [-0.2, 0) is 20.0 Å². The van der Waals surface area contributed by atoms with Crippen LogP contribution >= 0.6 is 0 Å². The van der Waals surface area contributed by atoms with Gasteiger partial charge in [-0.3, -0.25) is 4.55 Å². The summed E-state index contributed by atoms with van der Waals surface area (Å²) in [4.78, 5) is 0. The van der Waals surface area contributed by atoms with Crippen molar-refractivity contribution in [1.82, 2.24) is 0 Å². The minimum atomic E-state index is -4.37. The second-order valence-corrected chi connectivity index (χ2v) is 5.58. The summed E-state index contributed by atoms with van der Waals surface area (Å²) in [6.45, 7) is 0. The van der Waals surface area contributed by atoms with Gasteiger partial charge in [-0.1, -0.05) is 0 Å². The first-order chi connectivity index (χ1) is 3.71. The Morgan fingerprint density at radius 1 is 1.20 bits per heavy atom. The van der Waals surface area contributed by atoms with Crippen LogP contribution < -0.4 is 0 Å². The van der Waals surface area contributed by atoms with Gasteiger partial charge in [0.15, 0.2) is 14.9 Å². The van der Waals surface area contributed by atoms with Gasteiger partial charge >= 0.3 is 29.6 Å². The Morgan fingerprint density at radius 2 is 1.50 bits per heavy atom. The van der Waals surface area contributed by atoms with E-state index < -0.39 is 25.0 Å². The van der Waals surface area contributed by atoms with E-state index >= 15 is 0 Å². The van der Waals surface area contributed by atoms with E-state index in [0.29, 0.717) is 0 Å². The van der Waals surface area contributed by atoms with Crippen molar-refractivity contribution in [3.63, 3.8) is 0 Å². The van der Waals surface area contributed by atoms with Crippen LogP contribution in [0.2, 0.25) is 0 Å². The summed E-state index contributed by atoms with van der Waals surface area (Å²) in [5.74, 6) is 0. The van der Waals surface area contributed by atoms with Gasteiger partial charge in [-0.25, -0.2) is 8.42 Å². The molecule has 0 bridgehead atoms. The average molecular weight is 198 g/mol. The van der Waals surface area contributed by atoms with Gasteiger partial charge in [-0.15, -0.1) is 0 Å². The molecule has 10 heavy (non-hydrogen) atoms. The number of hydrogen-bond donors (Lipinski definition) is 1. The summed E-state index contributed by atoms with van der Waals surface area (Å²) >= 11 is 0. The van der Waals surface area contributed by atoms with Gasteiger partial charge in [0.05, 0.1) is 0 Å². The normalized spacial score (nSPS) is 12.2. The summed E-state index contributed by atoms with van der Waals surface area (Å²) in [6.07, 6.45) is 0.723. The van der Waals surface area contributed by atoms with Crippen molar-refractivity contribution in [2.24, 2.45) is 0 Å². The van der Waals surface area contributed by atoms with Crippen molar-refractivity contribution < 1.29 is 21.4 Å². The molecule has 58 valence electrons. The van der Waals surface area contributed by atoms with Crippen molar-refractivity contribution in [3.05, 3.63) is 0 Å². The fraction of sp³-hybridized carbons (Fsp3) is 1.00. The molecule has 0 aromatic carbocycles. The van der Waals surface area contributed by atoms with Crippen molar-refractivity contribution in [3.8, 4) is 0 Å². The van der Waals surface area contributed by atoms with Crippen LogP contribution in [0.5, 0.6) is 0 Å². The molecule has 0 unspecified atom stereocenters. The van der Waals surface area contributed by atoms with Crippen LogP contribution in [0.15, 0.2) is 0 Å². The monoisotopic (exact) mass is 198 g/mol. The molecule has 0 amide bonds. The van der Waals surface area contributed by atoms with Crippen LogP contribution in [0, 0.1) is 0 Å². The molecule has 0 aromatic rings. The van der Waals surface area contributed by atoms with Gasteiger partial charge < -0.3 is 0 Å². The van der Waals surface area contributed by atoms with Crippen LogP contribution in [0.3, 0.4) is 0 Å². The van der Waals surface area contributed by atoms with Crippen LogP contribution in [0.4, 0.5) is 0 Å². The summed E-state index contributed by atoms with van der Waals surface area (Å²) in [6, 6.07) is 0. The first kappa shape index (κ1) is 13.4. The third-order valence-electron chi connectivity index (χ3n) is 0.363. The first-order valence-corrected chi connectivity index (χ1v) is 5.50. The Balaban J connectivity index is 0. The molecule has 0 aromatic heterocycles. The van der Waals surface area contributed by atoms with Gasteiger partial charge in [0, 0.05) is 6.26 Å². The predicted octanol–water partition coefficient (Wildman–Crippen LogP) is -1.77. The van der Waals surface area contributed by atoms with Gasteiger partial charge in [0.2, 0.25) is 0 Å². The zero-order chi connectivity index (χ0) is 7.71. The molecule has 0 radical (unpaired) electrons. The molecular formula is C2H7NaO5S2. The van der Waals surface area contributed by atoms with Gasteiger partial charge in [0.25, 0.3) is 10.1 Å². The van der Waals surface area contributed by atoms with E-state index in [2.05, 4.69) is 0 Å². The fourth-order valence-corrected chi connectivity index (χ4v) is 2.43. The Labute approximate surface area is 81.8 Å². The quantitative estimate of drug-likeness (QED) is 0.419. The van der Waals surface area contributed by atoms with E-state index in [1.54, 1.807) is 0 Å². The van der Waals surface area contributed by atoms with E-state index in [9.17, 15) is 16.8 Å². The minimum absolute atomic E-state index is 0. The Hall–Kier alpha value is 0.860. The standard InChI is InChI=1S/C2H6O5S2.Na.H/c1-8(3,4)2-9(5,6)7;;/h2H2,1H3,(H,5,6,7);;. The molecule has 8 heteroatoms. The fourth-order valence-electron chi connectivity index (χ4n) is 0.271. The van der Waals surface area contributed by atoms with Crippen molar-refractivity contribution in [2.45, 2.75) is 0 Å². The molecule has 0 heterocycles. The Morgan fingerprint density at radius 3 is 1.50 bits per heavy atom. The average Bonchev–Trinajstić information content (AvgIpc) is 1.14. The van der Waals surface area contributed by atoms with Gasteiger partial charge in [-0.05, 0) is 0 Å². The molecule has 0 aliphatic rings. The van der Waals surface area contributed by atoms with Gasteiger partial charge in [0.1, 0.15) is 0 Å². The molecule has 5 nitrogen and oxygen atoms in total. The summed E-state index contributed by atoms with van der Waals surface area (Å²) in [7, 11) is -7.99. The van der Waals surface area contributed by atoms with Crippen molar-refractivity contribution in [2.75, 3.05) is 11.3 Å². The van der Waals surface area contributed by atoms with E-state index in [-0.39, 0.29) is 29.6 Å². The molecule has 0 aliphatic carbocycles. The SMILES string of the molecule is CS(=O)(=O)CS(=O)(=O)O.[NaH]. The zero-order valence-corrected chi connectivity index (χ0v) is 6.24. The first-order valence-electron chi connectivity index (χ1n) is 1.83.